The number of amides is 2. The van der Waals surface area contributed by atoms with Crippen LogP contribution in [0.3, 0.4) is 0 Å². The van der Waals surface area contributed by atoms with Crippen LogP contribution in [0.4, 0.5) is 0 Å². The van der Waals surface area contributed by atoms with E-state index >= 15 is 0 Å². The van der Waals surface area contributed by atoms with Gasteiger partial charge in [0.2, 0.25) is 17.6 Å². The highest BCUT2D eigenvalue weighted by molar-refractivity contribution is 6.36. The summed E-state index contributed by atoms with van der Waals surface area (Å²) in [6.07, 6.45) is 0.882. The monoisotopic (exact) mass is 603 g/mol. The highest BCUT2D eigenvalue weighted by atomic mass is 35.5. The first kappa shape index (κ1) is 28.6. The fourth-order valence-corrected chi connectivity index (χ4v) is 8.02. The zero-order valence-electron chi connectivity index (χ0n) is 23.4. The lowest BCUT2D eigenvalue weighted by atomic mass is 9.54. The van der Waals surface area contributed by atoms with E-state index in [0.717, 1.165) is 27.8 Å². The van der Waals surface area contributed by atoms with Crippen LogP contribution in [0.5, 0.6) is 0 Å². The Balaban J connectivity index is 1.09. The molecule has 7 rings (SSSR count). The third kappa shape index (κ3) is 4.22. The lowest BCUT2D eigenvalue weighted by molar-refractivity contribution is -0.146. The van der Waals surface area contributed by atoms with Gasteiger partial charge in [-0.1, -0.05) is 84.8 Å². The van der Waals surface area contributed by atoms with Crippen LogP contribution >= 0.6 is 23.2 Å². The molecule has 1 heterocycles. The number of hydrogen-bond acceptors (Lipinski definition) is 5. The van der Waals surface area contributed by atoms with Gasteiger partial charge in [-0.05, 0) is 48.9 Å². The third-order valence-corrected chi connectivity index (χ3v) is 10.2. The molecule has 1 fully saturated rings. The first-order chi connectivity index (χ1) is 20.1. The molecular formula is C34H31Cl2NO5. The van der Waals surface area contributed by atoms with Gasteiger partial charge in [-0.15, -0.1) is 23.2 Å². The minimum Gasteiger partial charge on any atom is -0.454 e. The second-order valence-electron chi connectivity index (χ2n) is 11.5. The second kappa shape index (κ2) is 10.7. The van der Waals surface area contributed by atoms with E-state index in [9.17, 15) is 19.2 Å². The molecule has 1 aliphatic heterocycles. The number of rotatable bonds is 9. The summed E-state index contributed by atoms with van der Waals surface area (Å²) in [6, 6.07) is 22.3. The zero-order valence-corrected chi connectivity index (χ0v) is 25.0. The number of carbonyl (C=O) groups excluding carboxylic acids is 4. The molecular weight excluding hydrogens is 573 g/mol. The molecule has 2 bridgehead atoms. The Morgan fingerprint density at radius 3 is 1.74 bits per heavy atom. The van der Waals surface area contributed by atoms with Crippen molar-refractivity contribution in [2.45, 2.75) is 55.4 Å². The number of nitrogens with zero attached hydrogens (tertiary/aromatic N) is 1. The smallest absolute Gasteiger partial charge is 0.306 e. The van der Waals surface area contributed by atoms with Gasteiger partial charge in [0, 0.05) is 18.5 Å². The highest BCUT2D eigenvalue weighted by Crippen LogP contribution is 2.69. The molecule has 3 aromatic rings. The van der Waals surface area contributed by atoms with Gasteiger partial charge in [-0.25, -0.2) is 0 Å². The van der Waals surface area contributed by atoms with E-state index in [4.69, 9.17) is 27.9 Å². The van der Waals surface area contributed by atoms with Crippen molar-refractivity contribution < 1.29 is 23.9 Å². The zero-order chi connectivity index (χ0) is 29.8. The minimum atomic E-state index is -1.19. The standard InChI is InChI=1S/C34H31Cl2NO5/c1-20-15-17-22(18-16-20)30(39)21(2)42-27(38)14-4-3-9-19-37-31(40)28-29(32(37)41)34(36)24-11-6-5-10-23(24)33(28,35)25-12-7-8-13-26(25)34/h5-8,10-13,15-18,21,28-29H,3-4,9,14,19H2,1-2H3/t21-,28-,29+,33?,34?/m0/s1. The van der Waals surface area contributed by atoms with Gasteiger partial charge in [-0.2, -0.15) is 0 Å². The number of carbonyl (C=O) groups is 4. The number of aryl methyl sites for hydroxylation is 1. The fraction of sp³-hybridized carbons (Fsp3) is 0.353. The van der Waals surface area contributed by atoms with Crippen molar-refractivity contribution in [2.24, 2.45) is 11.8 Å². The molecule has 0 N–H and O–H groups in total. The van der Waals surface area contributed by atoms with Crippen molar-refractivity contribution in [2.75, 3.05) is 6.54 Å². The van der Waals surface area contributed by atoms with E-state index in [0.29, 0.717) is 24.8 Å². The molecule has 0 radical (unpaired) electrons. The summed E-state index contributed by atoms with van der Waals surface area (Å²) < 4.78 is 5.35. The van der Waals surface area contributed by atoms with Crippen LogP contribution in [0.1, 0.15) is 70.8 Å². The van der Waals surface area contributed by atoms with Gasteiger partial charge in [-0.3, -0.25) is 24.1 Å². The van der Waals surface area contributed by atoms with E-state index in [1.165, 1.54) is 4.90 Å². The lowest BCUT2D eigenvalue weighted by Gasteiger charge is -2.54. The molecule has 216 valence electrons. The lowest BCUT2D eigenvalue weighted by Crippen LogP contribution is -2.57. The number of esters is 1. The van der Waals surface area contributed by atoms with Crippen LogP contribution in [0.25, 0.3) is 0 Å². The molecule has 4 aliphatic rings. The maximum absolute atomic E-state index is 13.9. The Labute approximate surface area is 254 Å². The fourth-order valence-electron chi connectivity index (χ4n) is 6.92. The Bertz CT molecular complexity index is 1480. The van der Waals surface area contributed by atoms with Crippen molar-refractivity contribution in [1.29, 1.82) is 0 Å². The number of unbranched alkanes of at least 4 members (excludes halogenated alkanes) is 2. The second-order valence-corrected chi connectivity index (χ2v) is 12.7. The van der Waals surface area contributed by atoms with Gasteiger partial charge < -0.3 is 4.74 Å². The van der Waals surface area contributed by atoms with Crippen molar-refractivity contribution in [3.63, 3.8) is 0 Å². The molecule has 3 aliphatic carbocycles. The van der Waals surface area contributed by atoms with Crippen LogP contribution in [0.15, 0.2) is 72.8 Å². The molecule has 1 saturated heterocycles. The maximum Gasteiger partial charge on any atom is 0.306 e. The van der Waals surface area contributed by atoms with E-state index in [2.05, 4.69) is 0 Å². The normalized spacial score (nSPS) is 26.0. The van der Waals surface area contributed by atoms with Crippen LogP contribution in [-0.2, 0) is 28.9 Å². The van der Waals surface area contributed by atoms with Gasteiger partial charge in [0.05, 0.1) is 11.8 Å². The summed E-state index contributed by atoms with van der Waals surface area (Å²) in [4.78, 5) is 51.6. The summed E-state index contributed by atoms with van der Waals surface area (Å²) >= 11 is 14.9. The van der Waals surface area contributed by atoms with E-state index < -0.39 is 33.7 Å². The molecule has 8 heteroatoms. The van der Waals surface area contributed by atoms with Crippen LogP contribution in [-0.4, -0.2) is 41.1 Å². The number of ketones is 1. The van der Waals surface area contributed by atoms with Crippen molar-refractivity contribution in [3.8, 4) is 0 Å². The Hall–Kier alpha value is -3.48. The van der Waals surface area contributed by atoms with Gasteiger partial charge in [0.25, 0.3) is 0 Å². The Morgan fingerprint density at radius 1 is 0.786 bits per heavy atom. The number of likely N-dealkylation sites (tertiary alicyclic amines) is 1. The number of Topliss-reactive ketones (excluding diaryl/α,β-unsaturated/α-hetero) is 1. The van der Waals surface area contributed by atoms with Crippen LogP contribution in [0, 0.1) is 18.8 Å². The number of benzene rings is 3. The van der Waals surface area contributed by atoms with E-state index in [-0.39, 0.29) is 30.6 Å². The predicted octanol–water partition coefficient (Wildman–Crippen LogP) is 6.26. The van der Waals surface area contributed by atoms with Crippen LogP contribution in [0.2, 0.25) is 0 Å². The molecule has 0 unspecified atom stereocenters. The predicted molar refractivity (Wildman–Crippen MR) is 159 cm³/mol. The largest absolute Gasteiger partial charge is 0.454 e. The number of ether oxygens (including phenoxy) is 1. The molecule has 42 heavy (non-hydrogen) atoms. The Kier molecular flexibility index (Phi) is 7.27. The summed E-state index contributed by atoms with van der Waals surface area (Å²) in [5.41, 5.74) is 4.64. The quantitative estimate of drug-likeness (QED) is 0.0947. The number of halogens is 2. The molecule has 0 spiro atoms. The highest BCUT2D eigenvalue weighted by Gasteiger charge is 2.72. The van der Waals surface area contributed by atoms with Gasteiger partial charge in [0.15, 0.2) is 6.10 Å². The number of imide groups is 1. The first-order valence-corrected chi connectivity index (χ1v) is 15.1. The average molecular weight is 605 g/mol. The summed E-state index contributed by atoms with van der Waals surface area (Å²) in [5.74, 6) is -2.94. The average Bonchev–Trinajstić information content (AvgIpc) is 3.25. The van der Waals surface area contributed by atoms with Crippen molar-refractivity contribution >= 4 is 46.8 Å². The number of hydrogen-bond donors (Lipinski definition) is 0. The van der Waals surface area contributed by atoms with Crippen molar-refractivity contribution in [1.82, 2.24) is 4.90 Å². The van der Waals surface area contributed by atoms with E-state index in [1.807, 2.05) is 67.6 Å². The van der Waals surface area contributed by atoms with Crippen LogP contribution < -0.4 is 0 Å². The summed E-state index contributed by atoms with van der Waals surface area (Å²) in [6.45, 7) is 3.72. The molecule has 6 nitrogen and oxygen atoms in total. The molecule has 3 aromatic carbocycles. The Morgan fingerprint density at radius 2 is 1.26 bits per heavy atom. The molecule has 0 aromatic heterocycles. The molecule has 3 atom stereocenters. The van der Waals surface area contributed by atoms with Gasteiger partial charge >= 0.3 is 5.97 Å². The number of alkyl halides is 2. The maximum atomic E-state index is 13.9. The first-order valence-electron chi connectivity index (χ1n) is 14.3. The van der Waals surface area contributed by atoms with Crippen molar-refractivity contribution in [3.05, 3.63) is 106 Å². The minimum absolute atomic E-state index is 0.138. The summed E-state index contributed by atoms with van der Waals surface area (Å²) in [7, 11) is 0. The molecule has 0 saturated carbocycles. The summed E-state index contributed by atoms with van der Waals surface area (Å²) in [5, 5.41) is 0. The molecule has 2 amide bonds. The van der Waals surface area contributed by atoms with Gasteiger partial charge in [0.1, 0.15) is 9.75 Å². The topological polar surface area (TPSA) is 80.8 Å². The third-order valence-electron chi connectivity index (χ3n) is 8.95. The van der Waals surface area contributed by atoms with E-state index in [1.54, 1.807) is 19.1 Å². The SMILES string of the molecule is Cc1ccc(C(=O)[C@H](C)OC(=O)CCCCCN2C(=O)[C@@H]3[C@H](C2=O)C2(Cl)c4ccccc4C3(Cl)c3ccccc32)cc1.